The van der Waals surface area contributed by atoms with Crippen LogP contribution < -0.4 is 0 Å². The summed E-state index contributed by atoms with van der Waals surface area (Å²) in [6.07, 6.45) is 3.98. The maximum atomic E-state index is 13.5. The number of benzene rings is 1. The lowest BCUT2D eigenvalue weighted by Crippen LogP contribution is -2.51. The summed E-state index contributed by atoms with van der Waals surface area (Å²) >= 11 is 6.27. The van der Waals surface area contributed by atoms with Gasteiger partial charge in [0.2, 0.25) is 0 Å². The molecule has 3 rings (SSSR count). The van der Waals surface area contributed by atoms with Crippen molar-refractivity contribution in [2.75, 3.05) is 0 Å². The molecule has 1 aliphatic heterocycles. The van der Waals surface area contributed by atoms with Crippen molar-refractivity contribution in [2.45, 2.75) is 51.5 Å². The first-order valence-electron chi connectivity index (χ1n) is 8.91. The molecule has 1 N–H and O–H groups in total. The number of hydrogen-bond donors (Lipinski definition) is 1. The quantitative estimate of drug-likeness (QED) is 0.800. The van der Waals surface area contributed by atoms with E-state index in [-0.39, 0.29) is 5.02 Å². The molecule has 0 saturated heterocycles. The highest BCUT2D eigenvalue weighted by molar-refractivity contribution is 6.31. The van der Waals surface area contributed by atoms with Gasteiger partial charge in [0.25, 0.3) is 0 Å². The van der Waals surface area contributed by atoms with Crippen molar-refractivity contribution in [3.8, 4) is 6.07 Å². The molecular weight excluding hydrogens is 355 g/mol. The minimum absolute atomic E-state index is 0.151. The molecule has 26 heavy (non-hydrogen) atoms. The second kappa shape index (κ2) is 7.00. The zero-order valence-electron chi connectivity index (χ0n) is 14.9. The van der Waals surface area contributed by atoms with Crippen LogP contribution in [0.2, 0.25) is 5.02 Å². The SMILES string of the molecule is CC1=NC(CCC2CC2)C(C)(C(=O)O)C(c2ccc(F)cc2Cl)C1C#N. The number of nitriles is 1. The minimum atomic E-state index is -1.28. The molecule has 1 heterocycles. The molecule has 1 saturated carbocycles. The van der Waals surface area contributed by atoms with Gasteiger partial charge >= 0.3 is 5.97 Å². The van der Waals surface area contributed by atoms with Crippen LogP contribution >= 0.6 is 11.6 Å². The van der Waals surface area contributed by atoms with Crippen LogP contribution in [0.4, 0.5) is 4.39 Å². The third kappa shape index (κ3) is 3.23. The Hall–Kier alpha value is -1.93. The van der Waals surface area contributed by atoms with Crippen LogP contribution in [0, 0.1) is 34.4 Å². The number of aliphatic imine (C=N–C) groups is 1. The van der Waals surface area contributed by atoms with Crippen LogP contribution in [0.5, 0.6) is 0 Å². The van der Waals surface area contributed by atoms with Gasteiger partial charge in [0.05, 0.1) is 23.4 Å². The molecule has 0 spiro atoms. The van der Waals surface area contributed by atoms with Gasteiger partial charge in [-0.25, -0.2) is 4.39 Å². The Labute approximate surface area is 157 Å². The fourth-order valence-electron chi connectivity index (χ4n) is 4.12. The predicted molar refractivity (Wildman–Crippen MR) is 97.9 cm³/mol. The van der Waals surface area contributed by atoms with Crippen molar-refractivity contribution < 1.29 is 14.3 Å². The maximum Gasteiger partial charge on any atom is 0.312 e. The van der Waals surface area contributed by atoms with E-state index in [1.54, 1.807) is 13.8 Å². The van der Waals surface area contributed by atoms with E-state index >= 15 is 0 Å². The molecule has 138 valence electrons. The van der Waals surface area contributed by atoms with E-state index < -0.39 is 35.1 Å². The normalized spacial score (nSPS) is 31.2. The van der Waals surface area contributed by atoms with Gasteiger partial charge in [-0.1, -0.05) is 30.5 Å². The van der Waals surface area contributed by atoms with E-state index in [9.17, 15) is 19.6 Å². The van der Waals surface area contributed by atoms with Crippen LogP contribution in [0.25, 0.3) is 0 Å². The standard InChI is InChI=1S/C20H22ClFN2O2/c1-11-15(10-23)18(14-7-6-13(22)9-16(14)21)20(2,19(25)26)17(24-11)8-5-12-3-4-12/h6-7,9,12,15,17-18H,3-5,8H2,1-2H3,(H,25,26). The molecule has 0 radical (unpaired) electrons. The fourth-order valence-corrected chi connectivity index (χ4v) is 4.40. The van der Waals surface area contributed by atoms with Crippen molar-refractivity contribution in [3.63, 3.8) is 0 Å². The summed E-state index contributed by atoms with van der Waals surface area (Å²) in [7, 11) is 0. The summed E-state index contributed by atoms with van der Waals surface area (Å²) in [5.74, 6) is -2.22. The number of halogens is 2. The zero-order chi connectivity index (χ0) is 19.1. The first-order chi connectivity index (χ1) is 12.3. The molecule has 1 aliphatic carbocycles. The molecule has 2 aliphatic rings. The number of rotatable bonds is 5. The number of carbonyl (C=O) groups is 1. The molecule has 1 aromatic carbocycles. The molecular formula is C20H22ClFN2O2. The molecule has 0 amide bonds. The van der Waals surface area contributed by atoms with E-state index in [1.165, 1.54) is 31.0 Å². The third-order valence-electron chi connectivity index (χ3n) is 5.92. The topological polar surface area (TPSA) is 73.4 Å². The highest BCUT2D eigenvalue weighted by Crippen LogP contribution is 2.52. The predicted octanol–water partition coefficient (Wildman–Crippen LogP) is 4.83. The fraction of sp³-hybridized carbons (Fsp3) is 0.550. The number of aliphatic carboxylic acids is 1. The Morgan fingerprint density at radius 1 is 1.46 bits per heavy atom. The van der Waals surface area contributed by atoms with Gasteiger partial charge in [-0.3, -0.25) is 9.79 Å². The van der Waals surface area contributed by atoms with Crippen molar-refractivity contribution in [2.24, 2.45) is 22.2 Å². The van der Waals surface area contributed by atoms with E-state index in [4.69, 9.17) is 11.6 Å². The molecule has 1 fully saturated rings. The second-order valence-electron chi connectivity index (χ2n) is 7.65. The van der Waals surface area contributed by atoms with Crippen molar-refractivity contribution in [1.82, 2.24) is 0 Å². The molecule has 4 unspecified atom stereocenters. The van der Waals surface area contributed by atoms with Crippen LogP contribution in [0.15, 0.2) is 23.2 Å². The van der Waals surface area contributed by atoms with Gasteiger partial charge in [-0.05, 0) is 50.3 Å². The lowest BCUT2D eigenvalue weighted by Gasteiger charge is -2.45. The minimum Gasteiger partial charge on any atom is -0.481 e. The summed E-state index contributed by atoms with van der Waals surface area (Å²) in [4.78, 5) is 17.0. The summed E-state index contributed by atoms with van der Waals surface area (Å²) in [5, 5.41) is 20.0. The maximum absolute atomic E-state index is 13.5. The van der Waals surface area contributed by atoms with Crippen molar-refractivity contribution in [1.29, 1.82) is 5.26 Å². The second-order valence-corrected chi connectivity index (χ2v) is 8.05. The summed E-state index contributed by atoms with van der Waals surface area (Å²) in [6, 6.07) is 5.71. The molecule has 0 bridgehead atoms. The van der Waals surface area contributed by atoms with E-state index in [2.05, 4.69) is 11.1 Å². The van der Waals surface area contributed by atoms with Gasteiger partial charge in [-0.15, -0.1) is 0 Å². The molecule has 4 atom stereocenters. The Bertz CT molecular complexity index is 799. The average molecular weight is 377 g/mol. The average Bonchev–Trinajstić information content (AvgIpc) is 3.39. The van der Waals surface area contributed by atoms with Gasteiger partial charge < -0.3 is 5.11 Å². The summed E-state index contributed by atoms with van der Waals surface area (Å²) in [6.45, 7) is 3.42. The van der Waals surface area contributed by atoms with Crippen molar-refractivity contribution in [3.05, 3.63) is 34.6 Å². The molecule has 1 aromatic rings. The molecule has 0 aromatic heterocycles. The van der Waals surface area contributed by atoms with Crippen LogP contribution in [-0.2, 0) is 4.79 Å². The molecule has 4 nitrogen and oxygen atoms in total. The van der Waals surface area contributed by atoms with Gasteiger partial charge in [0.1, 0.15) is 5.82 Å². The lowest BCUT2D eigenvalue weighted by atomic mass is 9.60. The number of nitrogens with zero attached hydrogens (tertiary/aromatic N) is 2. The first kappa shape index (κ1) is 18.8. The van der Waals surface area contributed by atoms with Crippen LogP contribution in [-0.4, -0.2) is 22.8 Å². The Morgan fingerprint density at radius 2 is 2.15 bits per heavy atom. The zero-order valence-corrected chi connectivity index (χ0v) is 15.6. The highest BCUT2D eigenvalue weighted by atomic mass is 35.5. The Morgan fingerprint density at radius 3 is 2.69 bits per heavy atom. The van der Waals surface area contributed by atoms with Crippen molar-refractivity contribution >= 4 is 23.3 Å². The number of hydrogen-bond acceptors (Lipinski definition) is 3. The first-order valence-corrected chi connectivity index (χ1v) is 9.29. The lowest BCUT2D eigenvalue weighted by molar-refractivity contribution is -0.151. The Kier molecular flexibility index (Phi) is 5.07. The van der Waals surface area contributed by atoms with Crippen LogP contribution in [0.1, 0.15) is 51.0 Å². The van der Waals surface area contributed by atoms with E-state index in [1.807, 2.05) is 0 Å². The number of carboxylic acid groups (broad SMARTS) is 1. The third-order valence-corrected chi connectivity index (χ3v) is 6.25. The van der Waals surface area contributed by atoms with Crippen LogP contribution in [0.3, 0.4) is 0 Å². The smallest absolute Gasteiger partial charge is 0.312 e. The van der Waals surface area contributed by atoms with Gasteiger partial charge in [0.15, 0.2) is 0 Å². The van der Waals surface area contributed by atoms with E-state index in [0.717, 1.165) is 6.42 Å². The van der Waals surface area contributed by atoms with Gasteiger partial charge in [-0.2, -0.15) is 5.26 Å². The monoisotopic (exact) mass is 376 g/mol. The highest BCUT2D eigenvalue weighted by Gasteiger charge is 2.55. The Balaban J connectivity index is 2.11. The number of carboxylic acids is 1. The van der Waals surface area contributed by atoms with E-state index in [0.29, 0.717) is 23.6 Å². The largest absolute Gasteiger partial charge is 0.481 e. The van der Waals surface area contributed by atoms with Gasteiger partial charge in [0, 0.05) is 16.7 Å². The molecule has 6 heteroatoms. The summed E-state index contributed by atoms with van der Waals surface area (Å²) in [5.41, 5.74) is -0.163. The summed E-state index contributed by atoms with van der Waals surface area (Å²) < 4.78 is 13.5.